The highest BCUT2D eigenvalue weighted by atomic mass is 16.1. The van der Waals surface area contributed by atoms with Crippen molar-refractivity contribution in [3.8, 4) is 0 Å². The lowest BCUT2D eigenvalue weighted by Crippen LogP contribution is -2.20. The third kappa shape index (κ3) is 4.33. The van der Waals surface area contributed by atoms with Gasteiger partial charge in [0.15, 0.2) is 0 Å². The average molecular weight is 232 g/mol. The van der Waals surface area contributed by atoms with E-state index in [0.717, 1.165) is 6.42 Å². The highest BCUT2D eigenvalue weighted by molar-refractivity contribution is 5.77. The first kappa shape index (κ1) is 14.0. The molecular weight excluding hydrogens is 208 g/mol. The molecule has 0 fully saturated rings. The lowest BCUT2D eigenvalue weighted by atomic mass is 9.80. The number of hydrogen-bond donors (Lipinski definition) is 0. The van der Waals surface area contributed by atoms with E-state index in [1.165, 1.54) is 11.1 Å². The van der Waals surface area contributed by atoms with E-state index in [1.807, 2.05) is 0 Å². The molecule has 0 aromatic heterocycles. The largest absolute Gasteiger partial charge is 0.300 e. The van der Waals surface area contributed by atoms with E-state index in [4.69, 9.17) is 0 Å². The summed E-state index contributed by atoms with van der Waals surface area (Å²) in [6, 6.07) is 8.72. The van der Waals surface area contributed by atoms with Gasteiger partial charge in [0, 0.05) is 6.42 Å². The predicted molar refractivity (Wildman–Crippen MR) is 73.3 cm³/mol. The maximum Gasteiger partial charge on any atom is 0.130 e. The standard InChI is InChI=1S/C16H24O/c1-12(2)10-14-6-8-15(9-7-14)16(4,5)11-13(3)17/h6-9,12H,10-11H2,1-5H3. The van der Waals surface area contributed by atoms with Gasteiger partial charge in [-0.3, -0.25) is 4.79 Å². The molecule has 94 valence electrons. The van der Waals surface area contributed by atoms with Gasteiger partial charge in [-0.2, -0.15) is 0 Å². The molecule has 0 aliphatic heterocycles. The van der Waals surface area contributed by atoms with Gasteiger partial charge in [0.1, 0.15) is 5.78 Å². The first-order valence-electron chi connectivity index (χ1n) is 6.40. The molecule has 0 spiro atoms. The first-order chi connectivity index (χ1) is 7.81. The second kappa shape index (κ2) is 5.48. The van der Waals surface area contributed by atoms with Crippen LogP contribution in [-0.4, -0.2) is 5.78 Å². The Kier molecular flexibility index (Phi) is 4.50. The molecule has 1 nitrogen and oxygen atoms in total. The number of carbonyl (C=O) groups excluding carboxylic acids is 1. The van der Waals surface area contributed by atoms with Crippen molar-refractivity contribution in [2.45, 2.75) is 52.9 Å². The van der Waals surface area contributed by atoms with Gasteiger partial charge in [0.25, 0.3) is 0 Å². The van der Waals surface area contributed by atoms with Crippen LogP contribution in [0.15, 0.2) is 24.3 Å². The van der Waals surface area contributed by atoms with Crippen LogP contribution in [0.5, 0.6) is 0 Å². The molecule has 0 aliphatic carbocycles. The molecule has 1 heteroatoms. The van der Waals surface area contributed by atoms with E-state index in [2.05, 4.69) is 52.0 Å². The van der Waals surface area contributed by atoms with Crippen molar-refractivity contribution in [1.29, 1.82) is 0 Å². The fourth-order valence-corrected chi connectivity index (χ4v) is 2.29. The SMILES string of the molecule is CC(=O)CC(C)(C)c1ccc(CC(C)C)cc1. The van der Waals surface area contributed by atoms with Gasteiger partial charge < -0.3 is 0 Å². The summed E-state index contributed by atoms with van der Waals surface area (Å²) < 4.78 is 0. The number of ketones is 1. The third-order valence-corrected chi connectivity index (χ3v) is 3.07. The van der Waals surface area contributed by atoms with Crippen LogP contribution in [0.1, 0.15) is 52.2 Å². The molecule has 0 bridgehead atoms. The minimum absolute atomic E-state index is 0.0534. The summed E-state index contributed by atoms with van der Waals surface area (Å²) in [5, 5.41) is 0. The Bertz CT molecular complexity index is 371. The third-order valence-electron chi connectivity index (χ3n) is 3.07. The highest BCUT2D eigenvalue weighted by Crippen LogP contribution is 2.27. The van der Waals surface area contributed by atoms with Crippen LogP contribution in [0.25, 0.3) is 0 Å². The van der Waals surface area contributed by atoms with Gasteiger partial charge >= 0.3 is 0 Å². The van der Waals surface area contributed by atoms with Crippen molar-refractivity contribution < 1.29 is 4.79 Å². The van der Waals surface area contributed by atoms with Gasteiger partial charge in [0.2, 0.25) is 0 Å². The van der Waals surface area contributed by atoms with Crippen molar-refractivity contribution in [2.75, 3.05) is 0 Å². The van der Waals surface area contributed by atoms with Crippen molar-refractivity contribution in [3.05, 3.63) is 35.4 Å². The molecule has 0 saturated carbocycles. The monoisotopic (exact) mass is 232 g/mol. The molecular formula is C16H24O. The first-order valence-corrected chi connectivity index (χ1v) is 6.40. The van der Waals surface area contributed by atoms with Crippen LogP contribution in [0.3, 0.4) is 0 Å². The zero-order chi connectivity index (χ0) is 13.1. The van der Waals surface area contributed by atoms with Crippen LogP contribution < -0.4 is 0 Å². The predicted octanol–water partition coefficient (Wildman–Crippen LogP) is 4.14. The lowest BCUT2D eigenvalue weighted by Gasteiger charge is -2.24. The second-order valence-corrected chi connectivity index (χ2v) is 6.06. The van der Waals surface area contributed by atoms with Gasteiger partial charge in [-0.05, 0) is 35.8 Å². The van der Waals surface area contributed by atoms with Crippen molar-refractivity contribution in [2.24, 2.45) is 5.92 Å². The summed E-state index contributed by atoms with van der Waals surface area (Å²) in [5.74, 6) is 0.937. The molecule has 0 aliphatic rings. The normalized spacial score (nSPS) is 11.9. The molecule has 1 aromatic carbocycles. The van der Waals surface area contributed by atoms with Crippen molar-refractivity contribution >= 4 is 5.78 Å². The Morgan fingerprint density at radius 3 is 2.12 bits per heavy atom. The molecule has 0 amide bonds. The number of rotatable bonds is 5. The molecule has 1 aromatic rings. The van der Waals surface area contributed by atoms with Gasteiger partial charge in [-0.1, -0.05) is 52.0 Å². The molecule has 17 heavy (non-hydrogen) atoms. The van der Waals surface area contributed by atoms with Crippen LogP contribution in [-0.2, 0) is 16.6 Å². The molecule has 0 unspecified atom stereocenters. The van der Waals surface area contributed by atoms with Gasteiger partial charge in [-0.15, -0.1) is 0 Å². The smallest absolute Gasteiger partial charge is 0.130 e. The minimum atomic E-state index is -0.0534. The summed E-state index contributed by atoms with van der Waals surface area (Å²) in [6.07, 6.45) is 1.73. The molecule has 0 saturated heterocycles. The average Bonchev–Trinajstić information content (AvgIpc) is 2.15. The molecule has 1 rings (SSSR count). The van der Waals surface area contributed by atoms with Crippen molar-refractivity contribution in [1.82, 2.24) is 0 Å². The molecule has 0 N–H and O–H groups in total. The Morgan fingerprint density at radius 2 is 1.71 bits per heavy atom. The summed E-state index contributed by atoms with van der Waals surface area (Å²) in [6.45, 7) is 10.4. The van der Waals surface area contributed by atoms with E-state index in [-0.39, 0.29) is 11.2 Å². The number of carbonyl (C=O) groups is 1. The Hall–Kier alpha value is -1.11. The highest BCUT2D eigenvalue weighted by Gasteiger charge is 2.22. The fraction of sp³-hybridized carbons (Fsp3) is 0.562. The summed E-state index contributed by atoms with van der Waals surface area (Å²) in [4.78, 5) is 11.2. The van der Waals surface area contributed by atoms with E-state index in [0.29, 0.717) is 12.3 Å². The molecule has 0 atom stereocenters. The number of Topliss-reactive ketones (excluding diaryl/α,β-unsaturated/α-hetero) is 1. The molecule has 0 heterocycles. The Labute approximate surface area is 105 Å². The van der Waals surface area contributed by atoms with E-state index in [9.17, 15) is 4.79 Å². The number of benzene rings is 1. The van der Waals surface area contributed by atoms with E-state index < -0.39 is 0 Å². The van der Waals surface area contributed by atoms with Crippen LogP contribution in [0.2, 0.25) is 0 Å². The van der Waals surface area contributed by atoms with Gasteiger partial charge in [0.05, 0.1) is 0 Å². The summed E-state index contributed by atoms with van der Waals surface area (Å²) in [7, 11) is 0. The quantitative estimate of drug-likeness (QED) is 0.745. The van der Waals surface area contributed by atoms with Gasteiger partial charge in [-0.25, -0.2) is 0 Å². The Balaban J connectivity index is 2.82. The summed E-state index contributed by atoms with van der Waals surface area (Å²) >= 11 is 0. The zero-order valence-corrected chi connectivity index (χ0v) is 11.7. The second-order valence-electron chi connectivity index (χ2n) is 6.06. The maximum absolute atomic E-state index is 11.2. The lowest BCUT2D eigenvalue weighted by molar-refractivity contribution is -0.118. The van der Waals surface area contributed by atoms with Crippen LogP contribution in [0.4, 0.5) is 0 Å². The summed E-state index contributed by atoms with van der Waals surface area (Å²) in [5.41, 5.74) is 2.57. The number of hydrogen-bond acceptors (Lipinski definition) is 1. The Morgan fingerprint density at radius 1 is 1.18 bits per heavy atom. The van der Waals surface area contributed by atoms with Crippen LogP contribution >= 0.6 is 0 Å². The molecule has 0 radical (unpaired) electrons. The minimum Gasteiger partial charge on any atom is -0.300 e. The van der Waals surface area contributed by atoms with Crippen molar-refractivity contribution in [3.63, 3.8) is 0 Å². The van der Waals surface area contributed by atoms with E-state index in [1.54, 1.807) is 6.92 Å². The topological polar surface area (TPSA) is 17.1 Å². The van der Waals surface area contributed by atoms with E-state index >= 15 is 0 Å². The zero-order valence-electron chi connectivity index (χ0n) is 11.7. The van der Waals surface area contributed by atoms with Crippen LogP contribution in [0, 0.1) is 5.92 Å². The fourth-order valence-electron chi connectivity index (χ4n) is 2.29. The maximum atomic E-state index is 11.2.